The number of aryl methyl sites for hydroxylation is 2. The molecule has 32 heavy (non-hydrogen) atoms. The second-order valence-electron chi connectivity index (χ2n) is 7.30. The highest BCUT2D eigenvalue weighted by atomic mass is 19.4. The van der Waals surface area contributed by atoms with Crippen molar-refractivity contribution in [2.45, 2.75) is 33.1 Å². The maximum Gasteiger partial charge on any atom is 0.416 e. The zero-order chi connectivity index (χ0) is 23.5. The highest BCUT2D eigenvalue weighted by Gasteiger charge is 2.34. The summed E-state index contributed by atoms with van der Waals surface area (Å²) in [7, 11) is 1.49. The first kappa shape index (κ1) is 23.3. The zero-order valence-corrected chi connectivity index (χ0v) is 17.9. The van der Waals surface area contributed by atoms with E-state index in [0.29, 0.717) is 11.4 Å². The molecule has 0 aliphatic rings. The molecule has 2 aromatic heterocycles. The molecule has 1 aromatic carbocycles. The van der Waals surface area contributed by atoms with Crippen LogP contribution >= 0.6 is 0 Å². The fourth-order valence-corrected chi connectivity index (χ4v) is 3.31. The van der Waals surface area contributed by atoms with Crippen LogP contribution in [0.4, 0.5) is 13.2 Å². The third kappa shape index (κ3) is 5.25. The predicted molar refractivity (Wildman–Crippen MR) is 112 cm³/mol. The summed E-state index contributed by atoms with van der Waals surface area (Å²) in [6.45, 7) is 3.72. The minimum atomic E-state index is -4.61. The number of pyridine rings is 1. The average Bonchev–Trinajstić information content (AvgIpc) is 3.08. The molecule has 1 amide bonds. The fraction of sp³-hybridized carbons (Fsp3) is 0.318. The number of rotatable bonds is 7. The number of nitrogens with zero attached hydrogens (tertiary/aromatic N) is 3. The Kier molecular flexibility index (Phi) is 6.83. The van der Waals surface area contributed by atoms with Crippen molar-refractivity contribution in [1.29, 1.82) is 0 Å². The molecule has 0 saturated heterocycles. The van der Waals surface area contributed by atoms with Gasteiger partial charge >= 0.3 is 6.18 Å². The number of aromatic nitrogens is 3. The highest BCUT2D eigenvalue weighted by molar-refractivity contribution is 5.93. The largest absolute Gasteiger partial charge is 0.416 e. The lowest BCUT2D eigenvalue weighted by atomic mass is 10.1. The Morgan fingerprint density at radius 1 is 1.16 bits per heavy atom. The Hall–Kier alpha value is -3.40. The minimum Gasteiger partial charge on any atom is -0.383 e. The molecular weight excluding hydrogens is 425 g/mol. The van der Waals surface area contributed by atoms with Crippen LogP contribution < -0.4 is 10.9 Å². The topological polar surface area (TPSA) is 78.2 Å². The van der Waals surface area contributed by atoms with Crippen LogP contribution in [0.15, 0.2) is 47.4 Å². The van der Waals surface area contributed by atoms with Crippen molar-refractivity contribution in [2.24, 2.45) is 0 Å². The van der Waals surface area contributed by atoms with Crippen molar-refractivity contribution >= 4 is 5.91 Å². The van der Waals surface area contributed by atoms with Gasteiger partial charge in [0.25, 0.3) is 11.5 Å². The van der Waals surface area contributed by atoms with Gasteiger partial charge in [-0.25, -0.2) is 4.68 Å². The summed E-state index contributed by atoms with van der Waals surface area (Å²) >= 11 is 0. The van der Waals surface area contributed by atoms with E-state index in [0.717, 1.165) is 6.07 Å². The number of nitrogens with one attached hydrogen (secondary N) is 1. The number of benzene rings is 1. The lowest BCUT2D eigenvalue weighted by Gasteiger charge is -2.16. The maximum absolute atomic E-state index is 13.7. The second-order valence-corrected chi connectivity index (χ2v) is 7.30. The minimum absolute atomic E-state index is 0.0798. The molecule has 7 nitrogen and oxygen atoms in total. The predicted octanol–water partition coefficient (Wildman–Crippen LogP) is 3.25. The summed E-state index contributed by atoms with van der Waals surface area (Å²) in [5.41, 5.74) is 0.603. The number of carbonyl (C=O) groups is 1. The molecule has 0 saturated carbocycles. The molecule has 1 N–H and O–H groups in total. The molecule has 170 valence electrons. The number of amides is 1. The molecule has 2 heterocycles. The Morgan fingerprint density at radius 2 is 1.91 bits per heavy atom. The standard InChI is InChI=1S/C22H23F3N4O3/c1-14-10-15(2)29(27-14)18-6-4-16(19(11-18)22(23,24)25)12-26-21(31)17-5-7-20(30)28(13-17)8-9-32-3/h4-7,10-11,13H,8-9,12H2,1-3H3,(H,26,31). The van der Waals surface area contributed by atoms with Crippen molar-refractivity contribution in [3.8, 4) is 5.69 Å². The molecule has 0 bridgehead atoms. The van der Waals surface area contributed by atoms with Crippen LogP contribution in [0.1, 0.15) is 32.9 Å². The summed E-state index contributed by atoms with van der Waals surface area (Å²) in [6, 6.07) is 8.21. The van der Waals surface area contributed by atoms with Crippen molar-refractivity contribution < 1.29 is 22.7 Å². The lowest BCUT2D eigenvalue weighted by Crippen LogP contribution is -2.28. The molecule has 3 aromatic rings. The van der Waals surface area contributed by atoms with Gasteiger partial charge in [-0.15, -0.1) is 0 Å². The van der Waals surface area contributed by atoms with E-state index in [1.165, 1.54) is 46.8 Å². The maximum atomic E-state index is 13.7. The summed E-state index contributed by atoms with van der Waals surface area (Å²) < 4.78 is 48.8. The summed E-state index contributed by atoms with van der Waals surface area (Å²) in [6.07, 6.45) is -3.26. The number of carbonyl (C=O) groups excluding carboxylic acids is 1. The van der Waals surface area contributed by atoms with E-state index in [-0.39, 0.29) is 42.1 Å². The quantitative estimate of drug-likeness (QED) is 0.602. The second kappa shape index (κ2) is 9.39. The third-order valence-electron chi connectivity index (χ3n) is 4.87. The summed E-state index contributed by atoms with van der Waals surface area (Å²) in [4.78, 5) is 24.4. The SMILES string of the molecule is COCCn1cc(C(=O)NCc2ccc(-n3nc(C)cc3C)cc2C(F)(F)F)ccc1=O. The zero-order valence-electron chi connectivity index (χ0n) is 17.9. The smallest absolute Gasteiger partial charge is 0.383 e. The number of halogens is 3. The van der Waals surface area contributed by atoms with E-state index < -0.39 is 17.6 Å². The van der Waals surface area contributed by atoms with Crippen molar-refractivity contribution in [1.82, 2.24) is 19.7 Å². The molecular formula is C22H23F3N4O3. The van der Waals surface area contributed by atoms with E-state index in [1.54, 1.807) is 19.9 Å². The number of hydrogen-bond acceptors (Lipinski definition) is 4. The first-order chi connectivity index (χ1) is 15.1. The number of ether oxygens (including phenoxy) is 1. The van der Waals surface area contributed by atoms with Gasteiger partial charge in [-0.2, -0.15) is 18.3 Å². The molecule has 10 heteroatoms. The van der Waals surface area contributed by atoms with Crippen LogP contribution in [0.2, 0.25) is 0 Å². The van der Waals surface area contributed by atoms with E-state index >= 15 is 0 Å². The lowest BCUT2D eigenvalue weighted by molar-refractivity contribution is -0.138. The van der Waals surface area contributed by atoms with E-state index in [9.17, 15) is 22.8 Å². The molecule has 0 radical (unpaired) electrons. The summed E-state index contributed by atoms with van der Waals surface area (Å²) in [5, 5.41) is 6.72. The van der Waals surface area contributed by atoms with Crippen molar-refractivity contribution in [3.05, 3.63) is 81.0 Å². The Balaban J connectivity index is 1.83. The van der Waals surface area contributed by atoms with E-state index in [2.05, 4.69) is 10.4 Å². The molecule has 0 aliphatic carbocycles. The highest BCUT2D eigenvalue weighted by Crippen LogP contribution is 2.33. The summed E-state index contributed by atoms with van der Waals surface area (Å²) in [5.74, 6) is -0.591. The van der Waals surface area contributed by atoms with Crippen molar-refractivity contribution in [2.75, 3.05) is 13.7 Å². The van der Waals surface area contributed by atoms with Crippen LogP contribution in [0.25, 0.3) is 5.69 Å². The fourth-order valence-electron chi connectivity index (χ4n) is 3.31. The van der Waals surface area contributed by atoms with Gasteiger partial charge in [0.05, 0.1) is 29.1 Å². The number of hydrogen-bond donors (Lipinski definition) is 1. The Morgan fingerprint density at radius 3 is 2.53 bits per heavy atom. The average molecular weight is 448 g/mol. The van der Waals surface area contributed by atoms with Gasteiger partial charge in [0.15, 0.2) is 0 Å². The van der Waals surface area contributed by atoms with Crippen LogP contribution in [0.3, 0.4) is 0 Å². The van der Waals surface area contributed by atoms with Gasteiger partial charge in [-0.3, -0.25) is 9.59 Å². The Labute approximate surface area is 182 Å². The normalized spacial score (nSPS) is 11.6. The number of alkyl halides is 3. The monoisotopic (exact) mass is 448 g/mol. The van der Waals surface area contributed by atoms with Crippen LogP contribution in [0, 0.1) is 13.8 Å². The molecule has 0 spiro atoms. The van der Waals surface area contributed by atoms with Crippen LogP contribution in [-0.4, -0.2) is 34.0 Å². The molecule has 3 rings (SSSR count). The van der Waals surface area contributed by atoms with Gasteiger partial charge in [0, 0.05) is 38.2 Å². The van der Waals surface area contributed by atoms with Crippen molar-refractivity contribution in [3.63, 3.8) is 0 Å². The van der Waals surface area contributed by atoms with Crippen LogP contribution in [0.5, 0.6) is 0 Å². The van der Waals surface area contributed by atoms with Gasteiger partial charge in [0.1, 0.15) is 0 Å². The van der Waals surface area contributed by atoms with Crippen LogP contribution in [-0.2, 0) is 24.0 Å². The van der Waals surface area contributed by atoms with Gasteiger partial charge in [-0.05, 0) is 43.7 Å². The first-order valence-electron chi connectivity index (χ1n) is 9.81. The van der Waals surface area contributed by atoms with E-state index in [4.69, 9.17) is 4.74 Å². The van der Waals surface area contributed by atoms with E-state index in [1.807, 2.05) is 0 Å². The number of methoxy groups -OCH3 is 1. The molecule has 0 unspecified atom stereocenters. The Bertz CT molecular complexity index is 1180. The molecule has 0 fully saturated rings. The first-order valence-corrected chi connectivity index (χ1v) is 9.81. The van der Waals surface area contributed by atoms with Gasteiger partial charge in [-0.1, -0.05) is 6.07 Å². The van der Waals surface area contributed by atoms with Gasteiger partial charge < -0.3 is 14.6 Å². The van der Waals surface area contributed by atoms with Gasteiger partial charge in [0.2, 0.25) is 0 Å². The third-order valence-corrected chi connectivity index (χ3v) is 4.87. The molecule has 0 atom stereocenters. The molecule has 0 aliphatic heterocycles.